The van der Waals surface area contributed by atoms with Crippen LogP contribution in [0.4, 0.5) is 4.39 Å². The van der Waals surface area contributed by atoms with Crippen LogP contribution >= 0.6 is 11.6 Å². The van der Waals surface area contributed by atoms with Crippen LogP contribution in [-0.4, -0.2) is 48.3 Å². The van der Waals surface area contributed by atoms with Gasteiger partial charge in [-0.1, -0.05) is 17.7 Å². The highest BCUT2D eigenvalue weighted by Gasteiger charge is 2.36. The molecule has 1 aromatic rings. The summed E-state index contributed by atoms with van der Waals surface area (Å²) in [6.45, 7) is 0.214. The zero-order chi connectivity index (χ0) is 14.0. The van der Waals surface area contributed by atoms with Crippen LogP contribution in [0, 0.1) is 5.82 Å². The number of methoxy groups -OCH3 is 1. The third-order valence-corrected chi connectivity index (χ3v) is 3.75. The van der Waals surface area contributed by atoms with E-state index in [4.69, 9.17) is 16.3 Å². The molecule has 1 heterocycles. The number of rotatable bonds is 3. The zero-order valence-electron chi connectivity index (χ0n) is 10.5. The van der Waals surface area contributed by atoms with Gasteiger partial charge in [0.1, 0.15) is 5.82 Å². The highest BCUT2D eigenvalue weighted by atomic mass is 35.5. The fourth-order valence-corrected chi connectivity index (χ4v) is 2.50. The van der Waals surface area contributed by atoms with Crippen LogP contribution in [0.25, 0.3) is 0 Å². The van der Waals surface area contributed by atoms with Crippen molar-refractivity contribution in [3.05, 3.63) is 34.6 Å². The SMILES string of the molecule is CO[C@H]1C[C@@H](CO)N(C(=O)c2cccc(F)c2Cl)C1. The van der Waals surface area contributed by atoms with Crippen molar-refractivity contribution in [2.75, 3.05) is 20.3 Å². The molecule has 1 aliphatic heterocycles. The maximum Gasteiger partial charge on any atom is 0.255 e. The minimum absolute atomic E-state index is 0.108. The molecule has 1 aromatic carbocycles. The molecule has 0 bridgehead atoms. The van der Waals surface area contributed by atoms with Gasteiger partial charge in [0.2, 0.25) is 0 Å². The highest BCUT2D eigenvalue weighted by Crippen LogP contribution is 2.26. The van der Waals surface area contributed by atoms with Gasteiger partial charge in [-0.2, -0.15) is 0 Å². The van der Waals surface area contributed by atoms with Crippen LogP contribution < -0.4 is 0 Å². The Balaban J connectivity index is 2.26. The van der Waals surface area contributed by atoms with Crippen molar-refractivity contribution < 1.29 is 19.0 Å². The molecule has 0 saturated carbocycles. The van der Waals surface area contributed by atoms with E-state index in [1.54, 1.807) is 7.11 Å². The van der Waals surface area contributed by atoms with E-state index in [0.717, 1.165) is 0 Å². The van der Waals surface area contributed by atoms with Crippen molar-refractivity contribution in [2.45, 2.75) is 18.6 Å². The van der Waals surface area contributed by atoms with E-state index < -0.39 is 5.82 Å². The van der Waals surface area contributed by atoms with Crippen LogP contribution in [0.1, 0.15) is 16.8 Å². The van der Waals surface area contributed by atoms with E-state index >= 15 is 0 Å². The van der Waals surface area contributed by atoms with Gasteiger partial charge in [-0.15, -0.1) is 0 Å². The smallest absolute Gasteiger partial charge is 0.255 e. The van der Waals surface area contributed by atoms with Crippen molar-refractivity contribution in [3.63, 3.8) is 0 Å². The van der Waals surface area contributed by atoms with Gasteiger partial charge >= 0.3 is 0 Å². The Morgan fingerprint density at radius 2 is 2.37 bits per heavy atom. The number of ether oxygens (including phenoxy) is 1. The number of hydrogen-bond donors (Lipinski definition) is 1. The van der Waals surface area contributed by atoms with E-state index in [9.17, 15) is 14.3 Å². The molecular formula is C13H15ClFNO3. The Morgan fingerprint density at radius 3 is 3.00 bits per heavy atom. The van der Waals surface area contributed by atoms with E-state index in [0.29, 0.717) is 13.0 Å². The van der Waals surface area contributed by atoms with Crippen LogP contribution in [0.15, 0.2) is 18.2 Å². The molecular weight excluding hydrogens is 273 g/mol. The fourth-order valence-electron chi connectivity index (χ4n) is 2.29. The Bertz CT molecular complexity index is 483. The van der Waals surface area contributed by atoms with Crippen molar-refractivity contribution in [2.24, 2.45) is 0 Å². The maximum absolute atomic E-state index is 13.4. The van der Waals surface area contributed by atoms with Gasteiger partial charge in [-0.3, -0.25) is 4.79 Å². The van der Waals surface area contributed by atoms with Crippen molar-refractivity contribution in [1.29, 1.82) is 0 Å². The fraction of sp³-hybridized carbons (Fsp3) is 0.462. The van der Waals surface area contributed by atoms with Crippen molar-refractivity contribution in [1.82, 2.24) is 4.90 Å². The number of hydrogen-bond acceptors (Lipinski definition) is 3. The number of aliphatic hydroxyl groups is 1. The summed E-state index contributed by atoms with van der Waals surface area (Å²) in [6, 6.07) is 3.79. The Kier molecular flexibility index (Phi) is 4.39. The summed E-state index contributed by atoms with van der Waals surface area (Å²) in [5.41, 5.74) is 0.108. The van der Waals surface area contributed by atoms with E-state index in [1.807, 2.05) is 0 Å². The number of nitrogens with zero attached hydrogens (tertiary/aromatic N) is 1. The summed E-state index contributed by atoms with van der Waals surface area (Å²) >= 11 is 5.81. The van der Waals surface area contributed by atoms with E-state index in [1.165, 1.54) is 23.1 Å². The lowest BCUT2D eigenvalue weighted by Crippen LogP contribution is -2.38. The first-order valence-electron chi connectivity index (χ1n) is 5.97. The molecule has 1 aliphatic rings. The Hall–Kier alpha value is -1.17. The molecule has 0 unspecified atom stereocenters. The summed E-state index contributed by atoms with van der Waals surface area (Å²) in [6.07, 6.45) is 0.444. The lowest BCUT2D eigenvalue weighted by Gasteiger charge is -2.23. The topological polar surface area (TPSA) is 49.8 Å². The van der Waals surface area contributed by atoms with E-state index in [2.05, 4.69) is 0 Å². The number of carbonyl (C=O) groups excluding carboxylic acids is 1. The van der Waals surface area contributed by atoms with Gasteiger partial charge in [-0.25, -0.2) is 4.39 Å². The third-order valence-electron chi connectivity index (χ3n) is 3.36. The van der Waals surface area contributed by atoms with Crippen molar-refractivity contribution >= 4 is 17.5 Å². The average molecular weight is 288 g/mol. The second kappa shape index (κ2) is 5.86. The van der Waals surface area contributed by atoms with Gasteiger partial charge in [-0.05, 0) is 18.6 Å². The monoisotopic (exact) mass is 287 g/mol. The first kappa shape index (κ1) is 14.2. The summed E-state index contributed by atoms with van der Waals surface area (Å²) in [7, 11) is 1.56. The quantitative estimate of drug-likeness (QED) is 0.920. The molecule has 1 amide bonds. The van der Waals surface area contributed by atoms with Gasteiger partial charge in [0.25, 0.3) is 5.91 Å². The second-order valence-corrected chi connectivity index (χ2v) is 4.87. The second-order valence-electron chi connectivity index (χ2n) is 4.49. The molecule has 1 saturated heterocycles. The number of carbonyl (C=O) groups is 1. The third kappa shape index (κ3) is 2.73. The molecule has 2 atom stereocenters. The predicted octanol–water partition coefficient (Wildman–Crippen LogP) is 1.70. The first-order chi connectivity index (χ1) is 9.08. The highest BCUT2D eigenvalue weighted by molar-refractivity contribution is 6.34. The minimum Gasteiger partial charge on any atom is -0.394 e. The molecule has 0 aromatic heterocycles. The van der Waals surface area contributed by atoms with Gasteiger partial charge in [0.05, 0.1) is 29.3 Å². The average Bonchev–Trinajstić information content (AvgIpc) is 2.84. The number of benzene rings is 1. The number of amides is 1. The van der Waals surface area contributed by atoms with Crippen molar-refractivity contribution in [3.8, 4) is 0 Å². The summed E-state index contributed by atoms with van der Waals surface area (Å²) in [4.78, 5) is 13.8. The van der Waals surface area contributed by atoms with Gasteiger partial charge < -0.3 is 14.7 Å². The number of likely N-dealkylation sites (tertiary alicyclic amines) is 1. The number of halogens is 2. The lowest BCUT2D eigenvalue weighted by atomic mass is 10.1. The molecule has 19 heavy (non-hydrogen) atoms. The molecule has 1 fully saturated rings. The van der Waals surface area contributed by atoms with Crippen LogP contribution in [0.3, 0.4) is 0 Å². The summed E-state index contributed by atoms with van der Waals surface area (Å²) in [5.74, 6) is -1.02. The maximum atomic E-state index is 13.4. The lowest BCUT2D eigenvalue weighted by molar-refractivity contribution is 0.0647. The zero-order valence-corrected chi connectivity index (χ0v) is 11.2. The summed E-state index contributed by atoms with van der Waals surface area (Å²) in [5, 5.41) is 9.12. The normalized spacial score (nSPS) is 22.8. The molecule has 6 heteroatoms. The van der Waals surface area contributed by atoms with Crippen LogP contribution in [0.2, 0.25) is 5.02 Å². The molecule has 0 radical (unpaired) electrons. The van der Waals surface area contributed by atoms with Gasteiger partial charge in [0, 0.05) is 13.7 Å². The molecule has 4 nitrogen and oxygen atoms in total. The Morgan fingerprint density at radius 1 is 1.63 bits per heavy atom. The van der Waals surface area contributed by atoms with Crippen LogP contribution in [-0.2, 0) is 4.74 Å². The standard InChI is InChI=1S/C13H15ClFNO3/c1-19-9-5-8(7-17)16(6-9)13(18)10-3-2-4-11(15)12(10)14/h2-4,8-9,17H,5-7H2,1H3/t8-,9-/m0/s1. The minimum atomic E-state index is -0.629. The van der Waals surface area contributed by atoms with Crippen LogP contribution in [0.5, 0.6) is 0 Å². The molecule has 0 spiro atoms. The first-order valence-corrected chi connectivity index (χ1v) is 6.35. The number of aliphatic hydroxyl groups excluding tert-OH is 1. The molecule has 2 rings (SSSR count). The van der Waals surface area contributed by atoms with E-state index in [-0.39, 0.29) is 35.2 Å². The summed E-state index contributed by atoms with van der Waals surface area (Å²) < 4.78 is 18.6. The molecule has 104 valence electrons. The molecule has 0 aliphatic carbocycles. The Labute approximate surface area is 115 Å². The predicted molar refractivity (Wildman–Crippen MR) is 68.7 cm³/mol. The largest absolute Gasteiger partial charge is 0.394 e. The molecule has 1 N–H and O–H groups in total. The van der Waals surface area contributed by atoms with Gasteiger partial charge in [0.15, 0.2) is 0 Å².